The molecule has 2 aromatic carbocycles. The zero-order valence-corrected chi connectivity index (χ0v) is 19.5. The van der Waals surface area contributed by atoms with E-state index in [1.165, 1.54) is 18.2 Å². The standard InChI is InChI=1S/C24H22ClN5O5/c1-15-2-4-18(14-20(15)28-24(32)19-13-17(25)3-5-21(19)30(33)34)27-23(31)16-6-7-26-22(12-16)29-8-10-35-11-9-29/h2-7,12-14H,8-11H2,1H3,(H,27,31)(H,28,32). The number of amides is 2. The van der Waals surface area contributed by atoms with Gasteiger partial charge in [0.1, 0.15) is 11.4 Å². The minimum atomic E-state index is -0.685. The molecule has 3 aromatic rings. The fraction of sp³-hybridized carbons (Fsp3) is 0.208. The molecule has 0 spiro atoms. The summed E-state index contributed by atoms with van der Waals surface area (Å²) in [6.45, 7) is 4.38. The second kappa shape index (κ2) is 10.5. The van der Waals surface area contributed by atoms with Crippen LogP contribution in [-0.4, -0.2) is 48.0 Å². The molecule has 1 aliphatic heterocycles. The molecular weight excluding hydrogens is 474 g/mol. The Labute approximate surface area is 206 Å². The maximum atomic E-state index is 12.9. The van der Waals surface area contributed by atoms with Gasteiger partial charge in [-0.05, 0) is 48.9 Å². The number of halogens is 1. The van der Waals surface area contributed by atoms with E-state index < -0.39 is 10.8 Å². The second-order valence-corrected chi connectivity index (χ2v) is 8.30. The Morgan fingerprint density at radius 3 is 2.57 bits per heavy atom. The summed E-state index contributed by atoms with van der Waals surface area (Å²) >= 11 is 5.94. The molecule has 0 bridgehead atoms. The minimum absolute atomic E-state index is 0.163. The summed E-state index contributed by atoms with van der Waals surface area (Å²) < 4.78 is 5.36. The van der Waals surface area contributed by atoms with Crippen molar-refractivity contribution in [2.45, 2.75) is 6.92 Å². The van der Waals surface area contributed by atoms with E-state index in [0.29, 0.717) is 54.6 Å². The molecule has 1 aliphatic rings. The van der Waals surface area contributed by atoms with Crippen LogP contribution in [-0.2, 0) is 4.74 Å². The first-order valence-electron chi connectivity index (χ1n) is 10.8. The van der Waals surface area contributed by atoms with E-state index in [4.69, 9.17) is 16.3 Å². The lowest BCUT2D eigenvalue weighted by Crippen LogP contribution is -2.36. The number of carbonyl (C=O) groups is 2. The van der Waals surface area contributed by atoms with Crippen LogP contribution in [0, 0.1) is 17.0 Å². The molecule has 0 saturated carbocycles. The molecular formula is C24H22ClN5O5. The van der Waals surface area contributed by atoms with Gasteiger partial charge in [0.25, 0.3) is 17.5 Å². The van der Waals surface area contributed by atoms with Crippen LogP contribution in [0.5, 0.6) is 0 Å². The Morgan fingerprint density at radius 1 is 1.06 bits per heavy atom. The van der Waals surface area contributed by atoms with Crippen LogP contribution >= 0.6 is 11.6 Å². The Hall–Kier alpha value is -4.02. The Balaban J connectivity index is 1.51. The third-order valence-electron chi connectivity index (χ3n) is 5.49. The lowest BCUT2D eigenvalue weighted by Gasteiger charge is -2.27. The summed E-state index contributed by atoms with van der Waals surface area (Å²) in [6.07, 6.45) is 1.58. The van der Waals surface area contributed by atoms with E-state index in [1.54, 1.807) is 43.5 Å². The summed E-state index contributed by atoms with van der Waals surface area (Å²) in [5.74, 6) is -0.329. The minimum Gasteiger partial charge on any atom is -0.378 e. The molecule has 0 unspecified atom stereocenters. The van der Waals surface area contributed by atoms with Gasteiger partial charge in [0.2, 0.25) is 0 Å². The molecule has 2 heterocycles. The van der Waals surface area contributed by atoms with E-state index >= 15 is 0 Å². The van der Waals surface area contributed by atoms with E-state index in [2.05, 4.69) is 20.5 Å². The van der Waals surface area contributed by atoms with Gasteiger partial charge in [-0.2, -0.15) is 0 Å². The molecule has 2 amide bonds. The largest absolute Gasteiger partial charge is 0.378 e. The quantitative estimate of drug-likeness (QED) is 0.385. The van der Waals surface area contributed by atoms with E-state index in [1.807, 2.05) is 0 Å². The van der Waals surface area contributed by atoms with E-state index in [0.717, 1.165) is 0 Å². The van der Waals surface area contributed by atoms with Crippen LogP contribution in [0.2, 0.25) is 5.02 Å². The normalized spacial score (nSPS) is 13.3. The molecule has 0 aliphatic carbocycles. The average Bonchev–Trinajstić information content (AvgIpc) is 2.86. The predicted molar refractivity (Wildman–Crippen MR) is 132 cm³/mol. The van der Waals surface area contributed by atoms with Crippen LogP contribution in [0.15, 0.2) is 54.7 Å². The molecule has 1 saturated heterocycles. The van der Waals surface area contributed by atoms with Crippen molar-refractivity contribution in [1.29, 1.82) is 0 Å². The summed E-state index contributed by atoms with van der Waals surface area (Å²) in [4.78, 5) is 42.8. The van der Waals surface area contributed by atoms with Crippen molar-refractivity contribution in [3.8, 4) is 0 Å². The summed E-state index contributed by atoms with van der Waals surface area (Å²) in [5.41, 5.74) is 1.46. The zero-order chi connectivity index (χ0) is 24.9. The number of hydrogen-bond donors (Lipinski definition) is 2. The number of rotatable bonds is 6. The maximum Gasteiger partial charge on any atom is 0.282 e. The topological polar surface area (TPSA) is 127 Å². The molecule has 4 rings (SSSR count). The number of nitro benzene ring substituents is 1. The number of nitro groups is 1. The lowest BCUT2D eigenvalue weighted by atomic mass is 10.1. The number of benzene rings is 2. The van der Waals surface area contributed by atoms with Crippen LogP contribution in [0.25, 0.3) is 0 Å². The van der Waals surface area contributed by atoms with Gasteiger partial charge in [-0.1, -0.05) is 17.7 Å². The molecule has 11 heteroatoms. The first kappa shape index (κ1) is 24.1. The lowest BCUT2D eigenvalue weighted by molar-refractivity contribution is -0.385. The van der Waals surface area contributed by atoms with Crippen molar-refractivity contribution in [3.05, 3.63) is 86.6 Å². The van der Waals surface area contributed by atoms with E-state index in [9.17, 15) is 19.7 Å². The molecule has 35 heavy (non-hydrogen) atoms. The summed E-state index contributed by atoms with van der Waals surface area (Å²) in [7, 11) is 0. The highest BCUT2D eigenvalue weighted by Crippen LogP contribution is 2.26. The molecule has 1 aromatic heterocycles. The third-order valence-corrected chi connectivity index (χ3v) is 5.72. The zero-order valence-electron chi connectivity index (χ0n) is 18.8. The van der Waals surface area contributed by atoms with Crippen molar-refractivity contribution in [1.82, 2.24) is 4.98 Å². The molecule has 0 atom stereocenters. The Bertz CT molecular complexity index is 1290. The number of morpholine rings is 1. The van der Waals surface area contributed by atoms with Crippen molar-refractivity contribution in [2.24, 2.45) is 0 Å². The Morgan fingerprint density at radius 2 is 1.83 bits per heavy atom. The summed E-state index contributed by atoms with van der Waals surface area (Å²) in [6, 6.07) is 12.1. The van der Waals surface area contributed by atoms with Crippen LogP contribution in [0.1, 0.15) is 26.3 Å². The SMILES string of the molecule is Cc1ccc(NC(=O)c2ccnc(N3CCOCC3)c2)cc1NC(=O)c1cc(Cl)ccc1[N+](=O)[O-]. The highest BCUT2D eigenvalue weighted by Gasteiger charge is 2.21. The fourth-order valence-electron chi connectivity index (χ4n) is 3.60. The van der Waals surface area contributed by atoms with Gasteiger partial charge in [-0.25, -0.2) is 4.98 Å². The third kappa shape index (κ3) is 5.73. The first-order valence-corrected chi connectivity index (χ1v) is 11.2. The van der Waals surface area contributed by atoms with E-state index in [-0.39, 0.29) is 22.2 Å². The van der Waals surface area contributed by atoms with Gasteiger partial charge >= 0.3 is 0 Å². The number of pyridine rings is 1. The first-order chi connectivity index (χ1) is 16.8. The molecule has 0 radical (unpaired) electrons. The highest BCUT2D eigenvalue weighted by molar-refractivity contribution is 6.31. The predicted octanol–water partition coefficient (Wildman–Crippen LogP) is 4.29. The smallest absolute Gasteiger partial charge is 0.282 e. The maximum absolute atomic E-state index is 12.9. The van der Waals surface area contributed by atoms with Gasteiger partial charge in [0.15, 0.2) is 0 Å². The monoisotopic (exact) mass is 495 g/mol. The fourth-order valence-corrected chi connectivity index (χ4v) is 3.77. The van der Waals surface area contributed by atoms with Gasteiger partial charge < -0.3 is 20.3 Å². The molecule has 1 fully saturated rings. The molecule has 10 nitrogen and oxygen atoms in total. The number of aromatic nitrogens is 1. The van der Waals surface area contributed by atoms with Crippen LogP contribution in [0.3, 0.4) is 0 Å². The summed E-state index contributed by atoms with van der Waals surface area (Å²) in [5, 5.41) is 17.0. The van der Waals surface area contributed by atoms with Crippen molar-refractivity contribution >= 4 is 46.3 Å². The van der Waals surface area contributed by atoms with Gasteiger partial charge in [-0.15, -0.1) is 0 Å². The molecule has 2 N–H and O–H groups in total. The van der Waals surface area contributed by atoms with Crippen molar-refractivity contribution < 1.29 is 19.2 Å². The van der Waals surface area contributed by atoms with Gasteiger partial charge in [0, 0.05) is 47.3 Å². The van der Waals surface area contributed by atoms with Gasteiger partial charge in [0.05, 0.1) is 18.1 Å². The number of nitrogens with zero attached hydrogens (tertiary/aromatic N) is 3. The Kier molecular flexibility index (Phi) is 7.23. The number of aryl methyl sites for hydroxylation is 1. The average molecular weight is 496 g/mol. The number of anilines is 3. The van der Waals surface area contributed by atoms with Crippen molar-refractivity contribution in [3.63, 3.8) is 0 Å². The van der Waals surface area contributed by atoms with Crippen LogP contribution in [0.4, 0.5) is 22.9 Å². The molecule has 180 valence electrons. The number of ether oxygens (including phenoxy) is 1. The number of carbonyl (C=O) groups excluding carboxylic acids is 2. The van der Waals surface area contributed by atoms with Crippen molar-refractivity contribution in [2.75, 3.05) is 41.8 Å². The van der Waals surface area contributed by atoms with Crippen LogP contribution < -0.4 is 15.5 Å². The number of hydrogen-bond acceptors (Lipinski definition) is 7. The second-order valence-electron chi connectivity index (χ2n) is 7.86. The van der Waals surface area contributed by atoms with Gasteiger partial charge in [-0.3, -0.25) is 19.7 Å². The highest BCUT2D eigenvalue weighted by atomic mass is 35.5. The number of nitrogens with one attached hydrogen (secondary N) is 2.